The molecule has 18 heavy (non-hydrogen) atoms. The molecule has 2 nitrogen and oxygen atoms in total. The third-order valence-electron chi connectivity index (χ3n) is 5.34. The van der Waals surface area contributed by atoms with Crippen LogP contribution in [-0.2, 0) is 0 Å². The van der Waals surface area contributed by atoms with Crippen LogP contribution >= 0.6 is 0 Å². The average molecular weight is 252 g/mol. The van der Waals surface area contributed by atoms with Gasteiger partial charge in [-0.15, -0.1) is 0 Å². The fraction of sp³-hybridized carbons (Fsp3) is 1.00. The Labute approximate surface area is 113 Å². The lowest BCUT2D eigenvalue weighted by molar-refractivity contribution is 0.134. The number of nitrogens with zero attached hydrogens (tertiary/aromatic N) is 1. The molecule has 0 aromatic rings. The summed E-state index contributed by atoms with van der Waals surface area (Å²) < 4.78 is 0. The first kappa shape index (κ1) is 14.3. The van der Waals surface area contributed by atoms with E-state index in [9.17, 15) is 0 Å². The Morgan fingerprint density at radius 1 is 0.833 bits per heavy atom. The van der Waals surface area contributed by atoms with Crippen molar-refractivity contribution in [2.24, 2.45) is 17.6 Å². The summed E-state index contributed by atoms with van der Waals surface area (Å²) in [6.07, 6.45) is 14.3. The van der Waals surface area contributed by atoms with Gasteiger partial charge in [0, 0.05) is 12.6 Å². The maximum atomic E-state index is 5.95. The molecule has 0 radical (unpaired) electrons. The minimum Gasteiger partial charge on any atom is -0.330 e. The average Bonchev–Trinajstić information content (AvgIpc) is 2.68. The number of rotatable bonds is 4. The smallest absolute Gasteiger partial charge is 0.00923 e. The molecule has 2 rings (SSSR count). The number of hydrogen-bond donors (Lipinski definition) is 1. The van der Waals surface area contributed by atoms with Gasteiger partial charge in [-0.3, -0.25) is 0 Å². The van der Waals surface area contributed by atoms with Gasteiger partial charge < -0.3 is 10.6 Å². The summed E-state index contributed by atoms with van der Waals surface area (Å²) in [6.45, 7) is 2.20. The Morgan fingerprint density at radius 2 is 1.39 bits per heavy atom. The zero-order valence-corrected chi connectivity index (χ0v) is 12.2. The Bertz CT molecular complexity index is 221. The van der Waals surface area contributed by atoms with Crippen LogP contribution in [0.3, 0.4) is 0 Å². The predicted molar refractivity (Wildman–Crippen MR) is 78.6 cm³/mol. The van der Waals surface area contributed by atoms with Gasteiger partial charge in [0.25, 0.3) is 0 Å². The van der Waals surface area contributed by atoms with Crippen molar-refractivity contribution in [3.05, 3.63) is 0 Å². The van der Waals surface area contributed by atoms with E-state index in [0.29, 0.717) is 0 Å². The van der Waals surface area contributed by atoms with E-state index in [4.69, 9.17) is 5.73 Å². The van der Waals surface area contributed by atoms with Gasteiger partial charge in [-0.05, 0) is 51.1 Å². The lowest BCUT2D eigenvalue weighted by atomic mass is 9.79. The molecule has 2 heteroatoms. The minimum atomic E-state index is 0.798. The Balaban J connectivity index is 1.82. The molecule has 0 spiro atoms. The lowest BCUT2D eigenvalue weighted by Crippen LogP contribution is -2.40. The summed E-state index contributed by atoms with van der Waals surface area (Å²) >= 11 is 0. The fourth-order valence-electron chi connectivity index (χ4n) is 4.05. The van der Waals surface area contributed by atoms with E-state index in [-0.39, 0.29) is 0 Å². The second-order valence-electron chi connectivity index (χ2n) is 6.63. The van der Waals surface area contributed by atoms with Crippen LogP contribution in [-0.4, -0.2) is 31.1 Å². The van der Waals surface area contributed by atoms with Gasteiger partial charge in [0.15, 0.2) is 0 Å². The minimum absolute atomic E-state index is 0.798. The monoisotopic (exact) mass is 252 g/mol. The van der Waals surface area contributed by atoms with E-state index in [1.165, 1.54) is 70.8 Å². The van der Waals surface area contributed by atoms with Crippen molar-refractivity contribution >= 4 is 0 Å². The van der Waals surface area contributed by atoms with Crippen molar-refractivity contribution < 1.29 is 0 Å². The zero-order chi connectivity index (χ0) is 12.8. The van der Waals surface area contributed by atoms with Crippen LogP contribution < -0.4 is 5.73 Å². The van der Waals surface area contributed by atoms with Crippen LogP contribution in [0.15, 0.2) is 0 Å². The standard InChI is InChI=1S/C16H32N2/c1-18(16-10-4-2-3-5-11-16)13-15-9-7-6-8-14(15)12-17/h14-16H,2-13,17H2,1H3. The first-order valence-electron chi connectivity index (χ1n) is 8.21. The van der Waals surface area contributed by atoms with Crippen LogP contribution in [0.5, 0.6) is 0 Å². The summed E-state index contributed by atoms with van der Waals surface area (Å²) in [5, 5.41) is 0. The molecule has 2 aliphatic rings. The van der Waals surface area contributed by atoms with Gasteiger partial charge in [-0.25, -0.2) is 0 Å². The topological polar surface area (TPSA) is 29.3 Å². The first-order valence-corrected chi connectivity index (χ1v) is 8.21. The highest BCUT2D eigenvalue weighted by atomic mass is 15.1. The van der Waals surface area contributed by atoms with Gasteiger partial charge in [-0.2, -0.15) is 0 Å². The van der Waals surface area contributed by atoms with Crippen molar-refractivity contribution in [3.8, 4) is 0 Å². The van der Waals surface area contributed by atoms with Crippen molar-refractivity contribution in [2.45, 2.75) is 70.3 Å². The third-order valence-corrected chi connectivity index (χ3v) is 5.34. The number of hydrogen-bond acceptors (Lipinski definition) is 2. The molecule has 2 aliphatic carbocycles. The molecule has 2 N–H and O–H groups in total. The van der Waals surface area contributed by atoms with Crippen molar-refractivity contribution in [1.29, 1.82) is 0 Å². The molecule has 0 amide bonds. The molecule has 0 bridgehead atoms. The van der Waals surface area contributed by atoms with E-state index in [2.05, 4.69) is 11.9 Å². The second-order valence-corrected chi connectivity index (χ2v) is 6.63. The van der Waals surface area contributed by atoms with E-state index in [1.807, 2.05) is 0 Å². The first-order chi connectivity index (χ1) is 8.81. The molecule has 0 aromatic carbocycles. The molecule has 0 aromatic heterocycles. The van der Waals surface area contributed by atoms with E-state index in [1.54, 1.807) is 0 Å². The Kier molecular flexibility index (Phi) is 5.97. The van der Waals surface area contributed by atoms with E-state index in [0.717, 1.165) is 24.4 Å². The molecular weight excluding hydrogens is 220 g/mol. The predicted octanol–water partition coefficient (Wildman–Crippen LogP) is 3.41. The molecule has 2 saturated carbocycles. The quantitative estimate of drug-likeness (QED) is 0.777. The Morgan fingerprint density at radius 3 is 2.00 bits per heavy atom. The summed E-state index contributed by atoms with van der Waals surface area (Å²) in [7, 11) is 2.36. The normalized spacial score (nSPS) is 31.5. The van der Waals surface area contributed by atoms with E-state index < -0.39 is 0 Å². The Hall–Kier alpha value is -0.0800. The summed E-state index contributed by atoms with van der Waals surface area (Å²) in [5.41, 5.74) is 5.95. The van der Waals surface area contributed by atoms with Gasteiger partial charge in [-0.1, -0.05) is 38.5 Å². The van der Waals surface area contributed by atoms with Crippen LogP contribution in [0.1, 0.15) is 64.2 Å². The van der Waals surface area contributed by atoms with Gasteiger partial charge >= 0.3 is 0 Å². The van der Waals surface area contributed by atoms with Crippen LogP contribution in [0.2, 0.25) is 0 Å². The third kappa shape index (κ3) is 3.96. The highest BCUT2D eigenvalue weighted by molar-refractivity contribution is 4.81. The molecule has 106 valence electrons. The van der Waals surface area contributed by atoms with Crippen molar-refractivity contribution in [2.75, 3.05) is 20.1 Å². The van der Waals surface area contributed by atoms with E-state index >= 15 is 0 Å². The molecular formula is C16H32N2. The maximum absolute atomic E-state index is 5.95. The molecule has 2 atom stereocenters. The van der Waals surface area contributed by atoms with Crippen molar-refractivity contribution in [3.63, 3.8) is 0 Å². The molecule has 0 heterocycles. The van der Waals surface area contributed by atoms with Crippen LogP contribution in [0.25, 0.3) is 0 Å². The fourth-order valence-corrected chi connectivity index (χ4v) is 4.05. The summed E-state index contributed by atoms with van der Waals surface area (Å²) in [5.74, 6) is 1.67. The lowest BCUT2D eigenvalue weighted by Gasteiger charge is -2.36. The zero-order valence-electron chi connectivity index (χ0n) is 12.2. The van der Waals surface area contributed by atoms with Crippen LogP contribution in [0, 0.1) is 11.8 Å². The van der Waals surface area contributed by atoms with Gasteiger partial charge in [0.05, 0.1) is 0 Å². The van der Waals surface area contributed by atoms with Crippen molar-refractivity contribution in [1.82, 2.24) is 4.90 Å². The molecule has 2 fully saturated rings. The maximum Gasteiger partial charge on any atom is 0.00923 e. The molecule has 0 saturated heterocycles. The molecule has 0 aliphatic heterocycles. The van der Waals surface area contributed by atoms with Gasteiger partial charge in [0.1, 0.15) is 0 Å². The molecule has 2 unspecified atom stereocenters. The highest BCUT2D eigenvalue weighted by Crippen LogP contribution is 2.31. The SMILES string of the molecule is CN(CC1CCCCC1CN)C1CCCCCC1. The summed E-state index contributed by atoms with van der Waals surface area (Å²) in [6, 6.07) is 0.854. The largest absolute Gasteiger partial charge is 0.330 e. The van der Waals surface area contributed by atoms with Gasteiger partial charge in [0.2, 0.25) is 0 Å². The second kappa shape index (κ2) is 7.49. The summed E-state index contributed by atoms with van der Waals surface area (Å²) in [4.78, 5) is 2.67. The highest BCUT2D eigenvalue weighted by Gasteiger charge is 2.27. The number of nitrogens with two attached hydrogens (primary N) is 1. The van der Waals surface area contributed by atoms with Crippen LogP contribution in [0.4, 0.5) is 0 Å².